The SMILES string of the molecule is C=CC(=O)OCC.C=CCC(=O)O. The molecule has 1 N–H and O–H groups in total. The molecule has 0 atom stereocenters. The molecule has 13 heavy (non-hydrogen) atoms. The van der Waals surface area contributed by atoms with Gasteiger partial charge in [-0.1, -0.05) is 12.7 Å². The van der Waals surface area contributed by atoms with Gasteiger partial charge in [-0.3, -0.25) is 4.79 Å². The first-order chi connectivity index (χ1) is 6.08. The van der Waals surface area contributed by atoms with Crippen LogP contribution in [0.3, 0.4) is 0 Å². The summed E-state index contributed by atoms with van der Waals surface area (Å²) in [5.74, 6) is -1.19. The number of ether oxygens (including phenoxy) is 1. The van der Waals surface area contributed by atoms with Gasteiger partial charge >= 0.3 is 11.9 Å². The fourth-order valence-corrected chi connectivity index (χ4v) is 0.325. The predicted molar refractivity (Wildman–Crippen MR) is 49.3 cm³/mol. The van der Waals surface area contributed by atoms with Crippen molar-refractivity contribution < 1.29 is 19.4 Å². The van der Waals surface area contributed by atoms with Gasteiger partial charge < -0.3 is 9.84 Å². The lowest BCUT2D eigenvalue weighted by Gasteiger charge is -1.90. The van der Waals surface area contributed by atoms with Crippen LogP contribution in [0.4, 0.5) is 0 Å². The third-order valence-corrected chi connectivity index (χ3v) is 0.772. The summed E-state index contributed by atoms with van der Waals surface area (Å²) < 4.78 is 4.43. The highest BCUT2D eigenvalue weighted by molar-refractivity contribution is 5.81. The molecule has 0 rings (SSSR count). The van der Waals surface area contributed by atoms with E-state index in [9.17, 15) is 9.59 Å². The lowest BCUT2D eigenvalue weighted by atomic mass is 10.4. The van der Waals surface area contributed by atoms with E-state index < -0.39 is 5.97 Å². The van der Waals surface area contributed by atoms with Gasteiger partial charge in [0.1, 0.15) is 0 Å². The van der Waals surface area contributed by atoms with Crippen molar-refractivity contribution in [2.75, 3.05) is 6.61 Å². The molecular formula is C9H14O4. The first-order valence-corrected chi connectivity index (χ1v) is 3.70. The van der Waals surface area contributed by atoms with Gasteiger partial charge in [0.2, 0.25) is 0 Å². The monoisotopic (exact) mass is 186 g/mol. The minimum Gasteiger partial charge on any atom is -0.481 e. The van der Waals surface area contributed by atoms with Gasteiger partial charge in [0.25, 0.3) is 0 Å². The lowest BCUT2D eigenvalue weighted by molar-refractivity contribution is -0.137. The van der Waals surface area contributed by atoms with Crippen LogP contribution in [-0.4, -0.2) is 23.7 Å². The zero-order valence-electron chi connectivity index (χ0n) is 7.66. The molecule has 0 aliphatic heterocycles. The van der Waals surface area contributed by atoms with Crippen molar-refractivity contribution in [1.29, 1.82) is 0 Å². The van der Waals surface area contributed by atoms with Crippen molar-refractivity contribution in [2.45, 2.75) is 13.3 Å². The molecule has 0 radical (unpaired) electrons. The molecule has 0 heterocycles. The van der Waals surface area contributed by atoms with Crippen LogP contribution in [0.5, 0.6) is 0 Å². The highest BCUT2D eigenvalue weighted by atomic mass is 16.5. The van der Waals surface area contributed by atoms with Crippen LogP contribution >= 0.6 is 0 Å². The molecule has 4 heteroatoms. The van der Waals surface area contributed by atoms with Crippen LogP contribution in [0, 0.1) is 0 Å². The number of rotatable bonds is 4. The van der Waals surface area contributed by atoms with E-state index in [0.29, 0.717) is 6.61 Å². The first-order valence-electron chi connectivity index (χ1n) is 3.70. The van der Waals surface area contributed by atoms with Crippen LogP contribution in [0.15, 0.2) is 25.3 Å². The van der Waals surface area contributed by atoms with Crippen LogP contribution in [0.2, 0.25) is 0 Å². The topological polar surface area (TPSA) is 63.6 Å². The number of carbonyl (C=O) groups is 2. The molecule has 0 aromatic carbocycles. The molecule has 0 unspecified atom stereocenters. The Morgan fingerprint density at radius 1 is 1.46 bits per heavy atom. The molecule has 0 fully saturated rings. The highest BCUT2D eigenvalue weighted by Crippen LogP contribution is 1.74. The van der Waals surface area contributed by atoms with Crippen molar-refractivity contribution in [3.05, 3.63) is 25.3 Å². The molecule has 0 aliphatic rings. The molecule has 0 saturated carbocycles. The molecule has 4 nitrogen and oxygen atoms in total. The molecule has 0 bridgehead atoms. The van der Waals surface area contributed by atoms with Gasteiger partial charge in [-0.2, -0.15) is 0 Å². The number of carbonyl (C=O) groups excluding carboxylic acids is 1. The quantitative estimate of drug-likeness (QED) is 0.409. The molecule has 0 saturated heterocycles. The van der Waals surface area contributed by atoms with E-state index in [0.717, 1.165) is 6.08 Å². The fraction of sp³-hybridized carbons (Fsp3) is 0.333. The second-order valence-corrected chi connectivity index (χ2v) is 1.84. The van der Waals surface area contributed by atoms with E-state index in [2.05, 4.69) is 17.9 Å². The van der Waals surface area contributed by atoms with Gasteiger partial charge in [0.05, 0.1) is 13.0 Å². The average Bonchev–Trinajstić information content (AvgIpc) is 2.05. The molecule has 0 aromatic rings. The number of aliphatic carboxylic acids is 1. The summed E-state index contributed by atoms with van der Waals surface area (Å²) in [6.45, 7) is 8.60. The van der Waals surface area contributed by atoms with Crippen molar-refractivity contribution in [2.24, 2.45) is 0 Å². The molecule has 74 valence electrons. The molecular weight excluding hydrogens is 172 g/mol. The minimum atomic E-state index is -0.829. The van der Waals surface area contributed by atoms with E-state index in [1.807, 2.05) is 0 Å². The van der Waals surface area contributed by atoms with Crippen LogP contribution in [0.25, 0.3) is 0 Å². The summed E-state index contributed by atoms with van der Waals surface area (Å²) in [4.78, 5) is 19.6. The van der Waals surface area contributed by atoms with E-state index >= 15 is 0 Å². The number of carboxylic acids is 1. The summed E-state index contributed by atoms with van der Waals surface area (Å²) in [6, 6.07) is 0. The normalized spacial score (nSPS) is 7.46. The summed E-state index contributed by atoms with van der Waals surface area (Å²) in [5, 5.41) is 7.84. The van der Waals surface area contributed by atoms with Gasteiger partial charge in [-0.25, -0.2) is 4.79 Å². The number of hydrogen-bond acceptors (Lipinski definition) is 3. The zero-order chi connectivity index (χ0) is 10.7. The summed E-state index contributed by atoms with van der Waals surface area (Å²) in [7, 11) is 0. The van der Waals surface area contributed by atoms with Crippen molar-refractivity contribution >= 4 is 11.9 Å². The average molecular weight is 186 g/mol. The minimum absolute atomic E-state index is 0.0556. The molecule has 0 aromatic heterocycles. The van der Waals surface area contributed by atoms with E-state index in [4.69, 9.17) is 5.11 Å². The van der Waals surface area contributed by atoms with Crippen LogP contribution < -0.4 is 0 Å². The third-order valence-electron chi connectivity index (χ3n) is 0.772. The van der Waals surface area contributed by atoms with Crippen molar-refractivity contribution in [3.8, 4) is 0 Å². The van der Waals surface area contributed by atoms with Gasteiger partial charge in [0, 0.05) is 6.08 Å². The Balaban J connectivity index is 0. The van der Waals surface area contributed by atoms with E-state index in [1.54, 1.807) is 6.92 Å². The standard InChI is InChI=1S/C5H8O2.C4H6O2/c1-3-5(6)7-4-2;1-2-3-4(5)6/h3H,1,4H2,2H3;2H,1,3H2,(H,5,6). The van der Waals surface area contributed by atoms with Crippen molar-refractivity contribution in [1.82, 2.24) is 0 Å². The first kappa shape index (κ1) is 14.0. The molecule has 0 amide bonds. The Morgan fingerprint density at radius 3 is 2.08 bits per heavy atom. The fourth-order valence-electron chi connectivity index (χ4n) is 0.325. The number of hydrogen-bond donors (Lipinski definition) is 1. The molecule has 0 spiro atoms. The van der Waals surface area contributed by atoms with Crippen LogP contribution in [-0.2, 0) is 14.3 Å². The van der Waals surface area contributed by atoms with Crippen LogP contribution in [0.1, 0.15) is 13.3 Å². The Morgan fingerprint density at radius 2 is 2.00 bits per heavy atom. The van der Waals surface area contributed by atoms with Gasteiger partial charge in [-0.15, -0.1) is 6.58 Å². The second kappa shape index (κ2) is 10.4. The van der Waals surface area contributed by atoms with E-state index in [1.165, 1.54) is 6.08 Å². The lowest BCUT2D eigenvalue weighted by Crippen LogP contribution is -1.97. The maximum atomic E-state index is 10.1. The summed E-state index contributed by atoms with van der Waals surface area (Å²) in [5.41, 5.74) is 0. The number of esters is 1. The summed E-state index contributed by atoms with van der Waals surface area (Å²) in [6.07, 6.45) is 2.55. The van der Waals surface area contributed by atoms with E-state index in [-0.39, 0.29) is 12.4 Å². The Bertz CT molecular complexity index is 184. The Kier molecular flexibility index (Phi) is 11.2. The smallest absolute Gasteiger partial charge is 0.330 e. The Labute approximate surface area is 77.5 Å². The maximum Gasteiger partial charge on any atom is 0.330 e. The van der Waals surface area contributed by atoms with Gasteiger partial charge in [0.15, 0.2) is 0 Å². The largest absolute Gasteiger partial charge is 0.481 e. The second-order valence-electron chi connectivity index (χ2n) is 1.84. The third kappa shape index (κ3) is 17.9. The molecule has 0 aliphatic carbocycles. The number of carboxylic acid groups (broad SMARTS) is 1. The zero-order valence-corrected chi connectivity index (χ0v) is 7.66. The Hall–Kier alpha value is -1.58. The van der Waals surface area contributed by atoms with Crippen molar-refractivity contribution in [3.63, 3.8) is 0 Å². The summed E-state index contributed by atoms with van der Waals surface area (Å²) >= 11 is 0. The maximum absolute atomic E-state index is 10.1. The highest BCUT2D eigenvalue weighted by Gasteiger charge is 1.86. The van der Waals surface area contributed by atoms with Gasteiger partial charge in [-0.05, 0) is 6.92 Å². The predicted octanol–water partition coefficient (Wildman–Crippen LogP) is 1.38.